The Morgan fingerprint density at radius 3 is 2.34 bits per heavy atom. The second kappa shape index (κ2) is 12.5. The van der Waals surface area contributed by atoms with E-state index in [9.17, 15) is 18.8 Å². The zero-order valence-corrected chi connectivity index (χ0v) is 22.1. The van der Waals surface area contributed by atoms with E-state index in [4.69, 9.17) is 5.73 Å². The summed E-state index contributed by atoms with van der Waals surface area (Å²) < 4.78 is 15.0. The topological polar surface area (TPSA) is 122 Å². The van der Waals surface area contributed by atoms with Crippen LogP contribution in [0.15, 0.2) is 67.1 Å². The number of hydrogen-bond acceptors (Lipinski definition) is 5. The van der Waals surface area contributed by atoms with Gasteiger partial charge in [0.2, 0.25) is 17.7 Å². The number of imidazole rings is 1. The number of carbonyl (C=O) groups is 3. The molecule has 0 aliphatic carbocycles. The lowest BCUT2D eigenvalue weighted by molar-refractivity contribution is -0.131. The van der Waals surface area contributed by atoms with E-state index in [1.807, 2.05) is 30.3 Å². The Morgan fingerprint density at radius 2 is 1.74 bits per heavy atom. The Bertz CT molecular complexity index is 1240. The van der Waals surface area contributed by atoms with Crippen LogP contribution < -0.4 is 16.4 Å². The van der Waals surface area contributed by atoms with Gasteiger partial charge in [0.15, 0.2) is 5.82 Å². The Labute approximate surface area is 222 Å². The minimum Gasteiger partial charge on any atom is -0.347 e. The summed E-state index contributed by atoms with van der Waals surface area (Å²) >= 11 is 0. The molecule has 1 heterocycles. The summed E-state index contributed by atoms with van der Waals surface area (Å²) in [6, 6.07) is 13.9. The highest BCUT2D eigenvalue weighted by Crippen LogP contribution is 2.22. The summed E-state index contributed by atoms with van der Waals surface area (Å²) in [7, 11) is 3.25. The van der Waals surface area contributed by atoms with Gasteiger partial charge in [0.25, 0.3) is 0 Å². The van der Waals surface area contributed by atoms with E-state index >= 15 is 0 Å². The number of nitrogens with zero attached hydrogens (tertiary/aromatic N) is 3. The number of aromatic nitrogens is 2. The lowest BCUT2D eigenvalue weighted by Crippen LogP contribution is -2.54. The summed E-state index contributed by atoms with van der Waals surface area (Å²) in [5.41, 5.74) is 6.48. The number of anilines is 1. The molecule has 2 unspecified atom stereocenters. The van der Waals surface area contributed by atoms with Crippen molar-refractivity contribution in [2.75, 3.05) is 19.4 Å². The molecule has 3 amide bonds. The molecule has 0 aliphatic heterocycles. The molecule has 4 N–H and O–H groups in total. The molecule has 0 saturated carbocycles. The molecular weight excluding hydrogens is 487 g/mol. The van der Waals surface area contributed by atoms with E-state index in [2.05, 4.69) is 15.6 Å². The number of halogens is 1. The summed E-state index contributed by atoms with van der Waals surface area (Å²) in [5, 5.41) is 5.49. The van der Waals surface area contributed by atoms with Gasteiger partial charge in [-0.25, -0.2) is 9.37 Å². The molecule has 2 atom stereocenters. The van der Waals surface area contributed by atoms with E-state index in [0.29, 0.717) is 18.4 Å². The standard InChI is InChI=1S/C28H35FN6O3/c1-28(2,30)27(38)32-22(12-8-11-19-9-6-5-7-10-19)25(36)33-23-17-35(18-31-23)24(26(37)34(3)4)20-13-15-21(29)16-14-20/h5-7,9-10,13-18,22,24H,8,11-12,30H2,1-4H3,(H,32,38)(H,33,36). The summed E-state index contributed by atoms with van der Waals surface area (Å²) in [5.74, 6) is -1.34. The van der Waals surface area contributed by atoms with Gasteiger partial charge in [0.1, 0.15) is 17.9 Å². The predicted octanol–water partition coefficient (Wildman–Crippen LogP) is 2.88. The normalized spacial score (nSPS) is 12.9. The van der Waals surface area contributed by atoms with Crippen LogP contribution in [0.2, 0.25) is 0 Å². The Kier molecular flexibility index (Phi) is 9.35. The van der Waals surface area contributed by atoms with E-state index in [-0.39, 0.29) is 11.7 Å². The van der Waals surface area contributed by atoms with Crippen molar-refractivity contribution in [1.29, 1.82) is 0 Å². The molecule has 9 nitrogen and oxygen atoms in total. The Hall–Kier alpha value is -4.05. The molecule has 0 aliphatic rings. The molecule has 0 spiro atoms. The number of likely N-dealkylation sites (N-methyl/N-ethyl adjacent to an activating group) is 1. The van der Waals surface area contributed by atoms with Gasteiger partial charge in [-0.2, -0.15) is 0 Å². The van der Waals surface area contributed by atoms with Gasteiger partial charge in [-0.05, 0) is 56.4 Å². The highest BCUT2D eigenvalue weighted by molar-refractivity contribution is 5.97. The minimum absolute atomic E-state index is 0.211. The quantitative estimate of drug-likeness (QED) is 0.357. The molecule has 3 aromatic rings. The zero-order valence-electron chi connectivity index (χ0n) is 22.1. The molecule has 0 saturated heterocycles. The van der Waals surface area contributed by atoms with Crippen molar-refractivity contribution in [2.45, 2.75) is 50.7 Å². The number of amides is 3. The summed E-state index contributed by atoms with van der Waals surface area (Å²) in [6.45, 7) is 3.14. The van der Waals surface area contributed by atoms with Gasteiger partial charge in [-0.3, -0.25) is 14.4 Å². The summed E-state index contributed by atoms with van der Waals surface area (Å²) in [4.78, 5) is 44.4. The van der Waals surface area contributed by atoms with Crippen LogP contribution in [0.3, 0.4) is 0 Å². The fourth-order valence-corrected chi connectivity index (χ4v) is 3.86. The molecule has 1 aromatic heterocycles. The van der Waals surface area contributed by atoms with Crippen LogP contribution in [0, 0.1) is 5.82 Å². The smallest absolute Gasteiger partial charge is 0.249 e. The zero-order chi connectivity index (χ0) is 27.9. The fourth-order valence-electron chi connectivity index (χ4n) is 3.86. The van der Waals surface area contributed by atoms with E-state index < -0.39 is 35.3 Å². The Morgan fingerprint density at radius 1 is 1.08 bits per heavy atom. The minimum atomic E-state index is -1.16. The molecule has 0 radical (unpaired) electrons. The average Bonchev–Trinajstić information content (AvgIpc) is 3.32. The number of aryl methyl sites for hydroxylation is 1. The SMILES string of the molecule is CN(C)C(=O)C(c1ccc(F)cc1)n1cnc(NC(=O)C(CCCc2ccccc2)NC(=O)C(C)(C)N)c1. The number of carbonyl (C=O) groups excluding carboxylic acids is 3. The largest absolute Gasteiger partial charge is 0.347 e. The highest BCUT2D eigenvalue weighted by atomic mass is 19.1. The highest BCUT2D eigenvalue weighted by Gasteiger charge is 2.29. The molecular formula is C28H35FN6O3. The van der Waals surface area contributed by atoms with Crippen molar-refractivity contribution in [3.05, 3.63) is 84.1 Å². The first-order valence-corrected chi connectivity index (χ1v) is 12.4. The molecule has 38 heavy (non-hydrogen) atoms. The molecule has 0 fully saturated rings. The van der Waals surface area contributed by atoms with Crippen molar-refractivity contribution >= 4 is 23.5 Å². The number of rotatable bonds is 11. The third-order valence-electron chi connectivity index (χ3n) is 6.02. The van der Waals surface area contributed by atoms with Gasteiger partial charge in [0, 0.05) is 20.3 Å². The van der Waals surface area contributed by atoms with Gasteiger partial charge in [-0.1, -0.05) is 42.5 Å². The van der Waals surface area contributed by atoms with Crippen LogP contribution in [0.4, 0.5) is 10.2 Å². The monoisotopic (exact) mass is 522 g/mol. The maximum atomic E-state index is 13.5. The molecule has 202 valence electrons. The number of hydrogen-bond donors (Lipinski definition) is 3. The molecule has 10 heteroatoms. The number of nitrogens with two attached hydrogens (primary N) is 1. The maximum Gasteiger partial charge on any atom is 0.249 e. The second-order valence-corrected chi connectivity index (χ2v) is 10.0. The number of nitrogens with one attached hydrogen (secondary N) is 2. The van der Waals surface area contributed by atoms with E-state index in [1.165, 1.54) is 41.7 Å². The van der Waals surface area contributed by atoms with Crippen molar-refractivity contribution in [3.63, 3.8) is 0 Å². The first-order valence-electron chi connectivity index (χ1n) is 12.4. The molecule has 3 rings (SSSR count). The fraction of sp³-hybridized carbons (Fsp3) is 0.357. The van der Waals surface area contributed by atoms with Gasteiger partial charge >= 0.3 is 0 Å². The predicted molar refractivity (Wildman–Crippen MR) is 144 cm³/mol. The first kappa shape index (κ1) is 28.5. The van der Waals surface area contributed by atoms with Crippen LogP contribution in [0.5, 0.6) is 0 Å². The summed E-state index contributed by atoms with van der Waals surface area (Å²) in [6.07, 6.45) is 4.75. The lowest BCUT2D eigenvalue weighted by Gasteiger charge is -2.24. The van der Waals surface area contributed by atoms with E-state index in [1.54, 1.807) is 32.5 Å². The molecule has 0 bridgehead atoms. The maximum absolute atomic E-state index is 13.5. The van der Waals surface area contributed by atoms with Crippen LogP contribution in [-0.2, 0) is 20.8 Å². The van der Waals surface area contributed by atoms with Crippen molar-refractivity contribution < 1.29 is 18.8 Å². The van der Waals surface area contributed by atoms with Crippen LogP contribution in [-0.4, -0.2) is 57.8 Å². The van der Waals surface area contributed by atoms with Crippen LogP contribution >= 0.6 is 0 Å². The molecule has 2 aromatic carbocycles. The van der Waals surface area contributed by atoms with E-state index in [0.717, 1.165) is 12.0 Å². The van der Waals surface area contributed by atoms with Gasteiger partial charge in [0.05, 0.1) is 11.9 Å². The van der Waals surface area contributed by atoms with Crippen LogP contribution in [0.1, 0.15) is 43.9 Å². The first-order chi connectivity index (χ1) is 18.0. The number of benzene rings is 2. The van der Waals surface area contributed by atoms with Crippen molar-refractivity contribution in [2.24, 2.45) is 5.73 Å². The van der Waals surface area contributed by atoms with Gasteiger partial charge in [-0.15, -0.1) is 0 Å². The third kappa shape index (κ3) is 7.72. The van der Waals surface area contributed by atoms with Gasteiger partial charge < -0.3 is 25.8 Å². The average molecular weight is 523 g/mol. The third-order valence-corrected chi connectivity index (χ3v) is 6.02. The van der Waals surface area contributed by atoms with Crippen LogP contribution in [0.25, 0.3) is 0 Å². The van der Waals surface area contributed by atoms with Crippen molar-refractivity contribution in [1.82, 2.24) is 19.8 Å². The second-order valence-electron chi connectivity index (χ2n) is 10.0. The lowest BCUT2D eigenvalue weighted by atomic mass is 10.0. The van der Waals surface area contributed by atoms with Crippen molar-refractivity contribution in [3.8, 4) is 0 Å². The Balaban J connectivity index is 1.77.